The first-order valence-corrected chi connectivity index (χ1v) is 7.81. The number of allylic oxidation sites excluding steroid dienone is 1. The average molecular weight is 352 g/mol. The second-order valence-corrected chi connectivity index (χ2v) is 5.30. The number of aliphatic hydroxyl groups is 1. The molecule has 7 heteroatoms. The second-order valence-electron chi connectivity index (χ2n) is 5.30. The molecule has 0 aliphatic heterocycles. The van der Waals surface area contributed by atoms with Crippen molar-refractivity contribution in [3.8, 4) is 0 Å². The number of ketones is 1. The molecule has 0 rings (SSSR count). The zero-order chi connectivity index (χ0) is 19.2. The zero-order valence-electron chi connectivity index (χ0n) is 14.4. The number of aldehydes is 1. The van der Waals surface area contributed by atoms with Crippen LogP contribution in [-0.4, -0.2) is 47.4 Å². The molecule has 0 heterocycles. The zero-order valence-corrected chi connectivity index (χ0v) is 14.4. The maximum Gasteiger partial charge on any atom is 0.331 e. The predicted octanol–water partition coefficient (Wildman–Crippen LogP) is 1.45. The molecule has 7 nitrogen and oxygen atoms in total. The van der Waals surface area contributed by atoms with E-state index in [-0.39, 0.29) is 12.8 Å². The summed E-state index contributed by atoms with van der Waals surface area (Å²) < 4.78 is 9.94. The van der Waals surface area contributed by atoms with E-state index in [1.54, 1.807) is 6.92 Å². The Kier molecular flexibility index (Phi) is 11.5. The molecule has 0 spiro atoms. The molecule has 0 unspecified atom stereocenters. The molecule has 0 aliphatic carbocycles. The number of esters is 2. The number of carbonyl (C=O) groups excluding carboxylic acids is 4. The van der Waals surface area contributed by atoms with E-state index in [1.807, 2.05) is 0 Å². The van der Waals surface area contributed by atoms with Gasteiger partial charge in [0.05, 0.1) is 12.5 Å². The highest BCUT2D eigenvalue weighted by Crippen LogP contribution is 2.06. The second kappa shape index (κ2) is 12.8. The van der Waals surface area contributed by atoms with E-state index in [4.69, 9.17) is 9.47 Å². The number of hydrogen-bond acceptors (Lipinski definition) is 7. The van der Waals surface area contributed by atoms with Gasteiger partial charge in [0, 0.05) is 12.5 Å². The third-order valence-corrected chi connectivity index (χ3v) is 2.93. The van der Waals surface area contributed by atoms with Gasteiger partial charge in [0.15, 0.2) is 11.9 Å². The van der Waals surface area contributed by atoms with Gasteiger partial charge in [-0.3, -0.25) is 14.4 Å². The van der Waals surface area contributed by atoms with Crippen molar-refractivity contribution in [2.45, 2.75) is 51.4 Å². The number of hydrogen-bond donors (Lipinski definition) is 1. The largest absolute Gasteiger partial charge is 0.462 e. The molecule has 3 atom stereocenters. The van der Waals surface area contributed by atoms with E-state index in [2.05, 4.69) is 6.58 Å². The highest BCUT2D eigenvalue weighted by molar-refractivity contribution is 5.97. The molecule has 0 radical (unpaired) electrons. The SMILES string of the molecule is C=CC[C@@H](O)CC(=O)O[C@@H](C)C/C=C/C(=O)O[C@@H](C)C(=O)/C=C/C=O. The highest BCUT2D eigenvalue weighted by Gasteiger charge is 2.15. The highest BCUT2D eigenvalue weighted by atomic mass is 16.5. The van der Waals surface area contributed by atoms with Crippen LogP contribution in [0.2, 0.25) is 0 Å². The summed E-state index contributed by atoms with van der Waals surface area (Å²) in [5, 5.41) is 9.47. The van der Waals surface area contributed by atoms with E-state index in [0.29, 0.717) is 12.7 Å². The number of rotatable bonds is 12. The molecule has 138 valence electrons. The maximum absolute atomic E-state index is 11.5. The Balaban J connectivity index is 4.20. The van der Waals surface area contributed by atoms with E-state index in [9.17, 15) is 24.3 Å². The summed E-state index contributed by atoms with van der Waals surface area (Å²) in [6.07, 6.45) is 4.72. The van der Waals surface area contributed by atoms with Gasteiger partial charge in [-0.1, -0.05) is 12.2 Å². The molecule has 0 aromatic heterocycles. The Morgan fingerprint density at radius 2 is 1.80 bits per heavy atom. The molecule has 0 saturated carbocycles. The molecule has 0 fully saturated rings. The van der Waals surface area contributed by atoms with Crippen molar-refractivity contribution in [2.24, 2.45) is 0 Å². The molecule has 0 bridgehead atoms. The van der Waals surface area contributed by atoms with Crippen LogP contribution in [0.4, 0.5) is 0 Å². The summed E-state index contributed by atoms with van der Waals surface area (Å²) in [6, 6.07) is 0. The Morgan fingerprint density at radius 3 is 2.40 bits per heavy atom. The molecule has 25 heavy (non-hydrogen) atoms. The van der Waals surface area contributed by atoms with Crippen molar-refractivity contribution in [1.29, 1.82) is 0 Å². The summed E-state index contributed by atoms with van der Waals surface area (Å²) in [4.78, 5) is 44.6. The smallest absolute Gasteiger partial charge is 0.331 e. The van der Waals surface area contributed by atoms with Gasteiger partial charge in [-0.2, -0.15) is 0 Å². The molecule has 0 aliphatic rings. The minimum atomic E-state index is -1.00. The Bertz CT molecular complexity index is 534. The lowest BCUT2D eigenvalue weighted by Crippen LogP contribution is -2.22. The lowest BCUT2D eigenvalue weighted by atomic mass is 10.2. The van der Waals surface area contributed by atoms with Crippen LogP contribution >= 0.6 is 0 Å². The fraction of sp³-hybridized carbons (Fsp3) is 0.444. The summed E-state index contributed by atoms with van der Waals surface area (Å²) in [5.74, 6) is -1.77. The lowest BCUT2D eigenvalue weighted by molar-refractivity contribution is -0.150. The third-order valence-electron chi connectivity index (χ3n) is 2.93. The van der Waals surface area contributed by atoms with E-state index < -0.39 is 36.0 Å². The number of carbonyl (C=O) groups is 4. The van der Waals surface area contributed by atoms with Gasteiger partial charge >= 0.3 is 11.9 Å². The van der Waals surface area contributed by atoms with Crippen LogP contribution in [0.15, 0.2) is 37.0 Å². The van der Waals surface area contributed by atoms with Gasteiger partial charge in [-0.15, -0.1) is 6.58 Å². The number of ether oxygens (including phenoxy) is 2. The normalized spacial score (nSPS) is 14.7. The molecule has 1 N–H and O–H groups in total. The first-order valence-electron chi connectivity index (χ1n) is 7.81. The van der Waals surface area contributed by atoms with Gasteiger partial charge in [0.25, 0.3) is 0 Å². The van der Waals surface area contributed by atoms with Crippen LogP contribution in [0.25, 0.3) is 0 Å². The quantitative estimate of drug-likeness (QED) is 0.245. The van der Waals surface area contributed by atoms with E-state index >= 15 is 0 Å². The summed E-state index contributed by atoms with van der Waals surface area (Å²) in [7, 11) is 0. The van der Waals surface area contributed by atoms with Gasteiger partial charge in [-0.05, 0) is 32.4 Å². The van der Waals surface area contributed by atoms with E-state index in [1.165, 1.54) is 19.1 Å². The monoisotopic (exact) mass is 352 g/mol. The molecule has 0 aromatic carbocycles. The summed E-state index contributed by atoms with van der Waals surface area (Å²) >= 11 is 0. The maximum atomic E-state index is 11.5. The van der Waals surface area contributed by atoms with Crippen molar-refractivity contribution in [1.82, 2.24) is 0 Å². The minimum Gasteiger partial charge on any atom is -0.462 e. The van der Waals surface area contributed by atoms with Crippen LogP contribution in [0.1, 0.15) is 33.1 Å². The van der Waals surface area contributed by atoms with Gasteiger partial charge < -0.3 is 14.6 Å². The predicted molar refractivity (Wildman–Crippen MR) is 90.5 cm³/mol. The Morgan fingerprint density at radius 1 is 1.12 bits per heavy atom. The standard InChI is InChI=1S/C18H24O7/c1-4-7-15(20)12-18(23)24-13(2)8-5-10-17(22)25-14(3)16(21)9-6-11-19/h4-6,9-11,13-15,20H,1,7-8,12H2,2-3H3/b9-6+,10-5+/t13-,14-,15+/m0/s1. The van der Waals surface area contributed by atoms with Crippen LogP contribution in [-0.2, 0) is 28.7 Å². The van der Waals surface area contributed by atoms with Gasteiger partial charge in [-0.25, -0.2) is 4.79 Å². The molecular formula is C18H24O7. The van der Waals surface area contributed by atoms with Crippen molar-refractivity contribution in [2.75, 3.05) is 0 Å². The van der Waals surface area contributed by atoms with Gasteiger partial charge in [0.1, 0.15) is 12.4 Å². The third kappa shape index (κ3) is 11.6. The van der Waals surface area contributed by atoms with Crippen LogP contribution < -0.4 is 0 Å². The first-order chi connectivity index (χ1) is 11.8. The van der Waals surface area contributed by atoms with Gasteiger partial charge in [0.2, 0.25) is 0 Å². The van der Waals surface area contributed by atoms with Crippen molar-refractivity contribution in [3.63, 3.8) is 0 Å². The Labute approximate surface area is 147 Å². The molecule has 0 saturated heterocycles. The summed E-state index contributed by atoms with van der Waals surface area (Å²) in [5.41, 5.74) is 0. The Hall–Kier alpha value is -2.54. The lowest BCUT2D eigenvalue weighted by Gasteiger charge is -2.13. The van der Waals surface area contributed by atoms with Crippen LogP contribution in [0, 0.1) is 0 Å². The van der Waals surface area contributed by atoms with Crippen molar-refractivity contribution >= 4 is 24.0 Å². The van der Waals surface area contributed by atoms with Crippen molar-refractivity contribution < 1.29 is 33.8 Å². The fourth-order valence-electron chi connectivity index (χ4n) is 1.69. The summed E-state index contributed by atoms with van der Waals surface area (Å²) in [6.45, 7) is 6.50. The molecule has 0 amide bonds. The topological polar surface area (TPSA) is 107 Å². The first kappa shape index (κ1) is 22.5. The number of aliphatic hydroxyl groups excluding tert-OH is 1. The minimum absolute atomic E-state index is 0.129. The van der Waals surface area contributed by atoms with Crippen molar-refractivity contribution in [3.05, 3.63) is 37.0 Å². The molecular weight excluding hydrogens is 328 g/mol. The average Bonchev–Trinajstić information content (AvgIpc) is 2.52. The fourth-order valence-corrected chi connectivity index (χ4v) is 1.69. The van der Waals surface area contributed by atoms with E-state index in [0.717, 1.165) is 18.2 Å². The van der Waals surface area contributed by atoms with Crippen LogP contribution in [0.5, 0.6) is 0 Å². The van der Waals surface area contributed by atoms with Crippen LogP contribution in [0.3, 0.4) is 0 Å². The molecule has 0 aromatic rings.